The lowest BCUT2D eigenvalue weighted by atomic mass is 9.52. The van der Waals surface area contributed by atoms with Crippen molar-refractivity contribution in [2.45, 2.75) is 57.8 Å². The Balaban J connectivity index is 1.86. The molecule has 4 rings (SSSR count). The second-order valence-corrected chi connectivity index (χ2v) is 8.34. The van der Waals surface area contributed by atoms with Crippen LogP contribution >= 0.6 is 0 Å². The molecule has 23 heavy (non-hydrogen) atoms. The van der Waals surface area contributed by atoms with E-state index in [4.69, 9.17) is 5.73 Å². The van der Waals surface area contributed by atoms with Gasteiger partial charge in [0.15, 0.2) is 0 Å². The van der Waals surface area contributed by atoms with Crippen LogP contribution < -0.4 is 5.73 Å². The second-order valence-electron chi connectivity index (χ2n) is 8.34. The van der Waals surface area contributed by atoms with E-state index in [1.807, 2.05) is 6.08 Å². The molecule has 3 nitrogen and oxygen atoms in total. The zero-order valence-electron chi connectivity index (χ0n) is 13.8. The van der Waals surface area contributed by atoms with Gasteiger partial charge >= 0.3 is 0 Å². The zero-order valence-corrected chi connectivity index (χ0v) is 13.8. The molecule has 0 aromatic carbocycles. The molecule has 0 spiro atoms. The third-order valence-electron chi connectivity index (χ3n) is 7.20. The summed E-state index contributed by atoms with van der Waals surface area (Å²) in [5, 5.41) is 20.8. The van der Waals surface area contributed by atoms with E-state index in [2.05, 4.69) is 19.9 Å². The highest BCUT2D eigenvalue weighted by molar-refractivity contribution is 5.44. The van der Waals surface area contributed by atoms with Crippen molar-refractivity contribution in [3.8, 4) is 0 Å². The zero-order chi connectivity index (χ0) is 16.6. The molecule has 0 bridgehead atoms. The van der Waals surface area contributed by atoms with Crippen LogP contribution in [-0.2, 0) is 0 Å². The summed E-state index contributed by atoms with van der Waals surface area (Å²) in [4.78, 5) is 0. The van der Waals surface area contributed by atoms with Gasteiger partial charge in [0.2, 0.25) is 0 Å². The van der Waals surface area contributed by atoms with Gasteiger partial charge in [-0.1, -0.05) is 31.6 Å². The molecule has 126 valence electrons. The first-order valence-corrected chi connectivity index (χ1v) is 8.69. The van der Waals surface area contributed by atoms with Crippen molar-refractivity contribution in [1.29, 1.82) is 0 Å². The molecule has 0 saturated heterocycles. The first-order valence-electron chi connectivity index (χ1n) is 8.69. The van der Waals surface area contributed by atoms with Gasteiger partial charge < -0.3 is 15.9 Å². The van der Waals surface area contributed by atoms with Crippen LogP contribution in [0.1, 0.15) is 39.5 Å². The van der Waals surface area contributed by atoms with E-state index in [0.29, 0.717) is 12.8 Å². The maximum Gasteiger partial charge on any atom is 0.114 e. The van der Waals surface area contributed by atoms with E-state index < -0.39 is 18.2 Å². The standard InChI is InChI=1S/C19H26FNO2/c1-18-5-3-11(22)7-10(18)8-15(23)16-12(18)4-6-19(2)13(16)9-14(20)17(19)21/h3,5,9-11,13,15,17,22-23H,4,6-8,21H2,1-2H3/t10-,11-,13-,15-,17-,18-,19-/m0/s1. The smallest absolute Gasteiger partial charge is 0.114 e. The summed E-state index contributed by atoms with van der Waals surface area (Å²) in [6.07, 6.45) is 7.67. The summed E-state index contributed by atoms with van der Waals surface area (Å²) in [6, 6.07) is -0.567. The minimum absolute atomic E-state index is 0.103. The van der Waals surface area contributed by atoms with Crippen molar-refractivity contribution in [1.82, 2.24) is 0 Å². The van der Waals surface area contributed by atoms with E-state index in [9.17, 15) is 14.6 Å². The number of hydrogen-bond acceptors (Lipinski definition) is 3. The molecular weight excluding hydrogens is 293 g/mol. The Morgan fingerprint density at radius 2 is 2.00 bits per heavy atom. The fourth-order valence-electron chi connectivity index (χ4n) is 5.58. The third kappa shape index (κ3) is 1.92. The highest BCUT2D eigenvalue weighted by atomic mass is 19.1. The number of allylic oxidation sites excluding steroid dienone is 3. The van der Waals surface area contributed by atoms with Crippen LogP contribution in [-0.4, -0.2) is 28.5 Å². The molecule has 4 aliphatic rings. The first-order chi connectivity index (χ1) is 10.8. The van der Waals surface area contributed by atoms with Gasteiger partial charge in [0.05, 0.1) is 18.2 Å². The van der Waals surface area contributed by atoms with Gasteiger partial charge in [-0.15, -0.1) is 0 Å². The highest BCUT2D eigenvalue weighted by Gasteiger charge is 2.56. The summed E-state index contributed by atoms with van der Waals surface area (Å²) in [5.41, 5.74) is 7.92. The second kappa shape index (κ2) is 4.78. The van der Waals surface area contributed by atoms with Crippen molar-refractivity contribution in [2.24, 2.45) is 28.4 Å². The molecule has 4 N–H and O–H groups in total. The largest absolute Gasteiger partial charge is 0.389 e. The van der Waals surface area contributed by atoms with Crippen LogP contribution in [0, 0.1) is 22.7 Å². The van der Waals surface area contributed by atoms with Crippen molar-refractivity contribution in [3.63, 3.8) is 0 Å². The molecule has 7 atom stereocenters. The van der Waals surface area contributed by atoms with Crippen molar-refractivity contribution >= 4 is 0 Å². The number of rotatable bonds is 0. The molecule has 0 aromatic heterocycles. The number of aliphatic hydroxyl groups is 2. The number of halogens is 1. The third-order valence-corrected chi connectivity index (χ3v) is 7.20. The minimum Gasteiger partial charge on any atom is -0.389 e. The Labute approximate surface area is 136 Å². The lowest BCUT2D eigenvalue weighted by Gasteiger charge is -2.53. The van der Waals surface area contributed by atoms with Gasteiger partial charge in [-0.05, 0) is 48.7 Å². The van der Waals surface area contributed by atoms with Crippen LogP contribution in [0.2, 0.25) is 0 Å². The molecule has 4 aliphatic carbocycles. The minimum atomic E-state index is -0.567. The number of aliphatic hydroxyl groups excluding tert-OH is 2. The van der Waals surface area contributed by atoms with Crippen LogP contribution in [0.4, 0.5) is 4.39 Å². The lowest BCUT2D eigenvalue weighted by molar-refractivity contribution is 0.0488. The molecule has 0 heterocycles. The number of hydrogen-bond donors (Lipinski definition) is 3. The fraction of sp³-hybridized carbons (Fsp3) is 0.684. The summed E-state index contributed by atoms with van der Waals surface area (Å²) in [6.45, 7) is 4.26. The molecule has 0 radical (unpaired) electrons. The van der Waals surface area contributed by atoms with Crippen LogP contribution in [0.3, 0.4) is 0 Å². The number of nitrogens with two attached hydrogens (primary N) is 1. The SMILES string of the molecule is C[C@]12CCC3=C([C@@H](O)C[C@@H]4C[C@@H](O)C=C[C@]34C)[C@@H]1C=C(F)[C@@H]2N. The number of fused-ring (bicyclic) bond motifs is 4. The molecular formula is C19H26FNO2. The van der Waals surface area contributed by atoms with Gasteiger partial charge in [0, 0.05) is 11.3 Å². The van der Waals surface area contributed by atoms with Crippen molar-refractivity contribution in [2.75, 3.05) is 0 Å². The average molecular weight is 319 g/mol. The van der Waals surface area contributed by atoms with E-state index in [-0.39, 0.29) is 28.5 Å². The van der Waals surface area contributed by atoms with E-state index in [1.54, 1.807) is 6.08 Å². The van der Waals surface area contributed by atoms with Gasteiger partial charge in [-0.25, -0.2) is 4.39 Å². The van der Waals surface area contributed by atoms with E-state index >= 15 is 0 Å². The summed E-state index contributed by atoms with van der Waals surface area (Å²) in [7, 11) is 0. The van der Waals surface area contributed by atoms with Gasteiger partial charge in [-0.2, -0.15) is 0 Å². The molecule has 0 fully saturated rings. The lowest BCUT2D eigenvalue weighted by Crippen LogP contribution is -2.50. The Morgan fingerprint density at radius 1 is 1.26 bits per heavy atom. The topological polar surface area (TPSA) is 66.5 Å². The average Bonchev–Trinajstić information content (AvgIpc) is 2.73. The monoisotopic (exact) mass is 319 g/mol. The van der Waals surface area contributed by atoms with Crippen LogP contribution in [0.15, 0.2) is 35.2 Å². The summed E-state index contributed by atoms with van der Waals surface area (Å²) in [5.74, 6) is -0.0980. The molecule has 4 heteroatoms. The Kier molecular flexibility index (Phi) is 3.23. The molecule has 0 aromatic rings. The quantitative estimate of drug-likeness (QED) is 0.601. The Bertz CT molecular complexity index is 639. The maximum absolute atomic E-state index is 14.2. The normalized spacial score (nSPS) is 51.9. The van der Waals surface area contributed by atoms with Crippen molar-refractivity contribution < 1.29 is 14.6 Å². The molecule has 0 amide bonds. The van der Waals surface area contributed by atoms with E-state index in [0.717, 1.165) is 18.4 Å². The van der Waals surface area contributed by atoms with E-state index in [1.165, 1.54) is 5.57 Å². The van der Waals surface area contributed by atoms with Crippen LogP contribution in [0.25, 0.3) is 0 Å². The predicted molar refractivity (Wildman–Crippen MR) is 87.0 cm³/mol. The van der Waals surface area contributed by atoms with Crippen molar-refractivity contribution in [3.05, 3.63) is 35.2 Å². The Morgan fingerprint density at radius 3 is 2.74 bits per heavy atom. The molecule has 0 aliphatic heterocycles. The van der Waals surface area contributed by atoms with Crippen LogP contribution in [0.5, 0.6) is 0 Å². The molecule has 0 unspecified atom stereocenters. The fourth-order valence-corrected chi connectivity index (χ4v) is 5.58. The first kappa shape index (κ1) is 15.6. The van der Waals surface area contributed by atoms with Gasteiger partial charge in [0.25, 0.3) is 0 Å². The predicted octanol–water partition coefficient (Wildman–Crippen LogP) is 2.60. The summed E-state index contributed by atoms with van der Waals surface area (Å²) < 4.78 is 14.2. The summed E-state index contributed by atoms with van der Waals surface area (Å²) >= 11 is 0. The van der Waals surface area contributed by atoms with Gasteiger partial charge in [-0.3, -0.25) is 0 Å². The Hall–Kier alpha value is -0.970. The highest BCUT2D eigenvalue weighted by Crippen LogP contribution is 2.61. The van der Waals surface area contributed by atoms with Gasteiger partial charge in [0.1, 0.15) is 5.83 Å². The maximum atomic E-state index is 14.2. The molecule has 0 saturated carbocycles.